The first-order valence-corrected chi connectivity index (χ1v) is 9.77. The molecule has 0 aromatic carbocycles. The third-order valence-electron chi connectivity index (χ3n) is 5.25. The number of rotatable bonds is 6. The minimum absolute atomic E-state index is 0.0390. The summed E-state index contributed by atoms with van der Waals surface area (Å²) in [6, 6.07) is 0.0390. The van der Waals surface area contributed by atoms with Crippen LogP contribution in [0.5, 0.6) is 5.88 Å². The third-order valence-corrected chi connectivity index (χ3v) is 5.25. The van der Waals surface area contributed by atoms with E-state index in [0.29, 0.717) is 0 Å². The number of nitrogens with zero attached hydrogens (tertiary/aromatic N) is 5. The summed E-state index contributed by atoms with van der Waals surface area (Å²) in [4.78, 5) is 7.90. The standard InChI is InChI=1S/C18H23F3N6O2/c1-2-27-8-15(25-26-27)11-4-3-5-12(6-11)23-17-22-7-14(18(19,20)21)16(24-17)29-13-9-28-10-13/h7-8,11-13H,2-6,9-10H2,1H3,(H,22,23,24)/t11-,12+/m0/s1. The van der Waals surface area contributed by atoms with Gasteiger partial charge >= 0.3 is 6.18 Å². The minimum atomic E-state index is -4.58. The van der Waals surface area contributed by atoms with Gasteiger partial charge in [-0.3, -0.25) is 4.68 Å². The molecule has 0 spiro atoms. The number of aromatic nitrogens is 5. The van der Waals surface area contributed by atoms with Crippen LogP contribution in [0.3, 0.4) is 0 Å². The number of hydrogen-bond acceptors (Lipinski definition) is 7. The maximum atomic E-state index is 13.3. The quantitative estimate of drug-likeness (QED) is 0.780. The molecule has 2 fully saturated rings. The number of hydrogen-bond donors (Lipinski definition) is 1. The zero-order chi connectivity index (χ0) is 20.4. The topological polar surface area (TPSA) is 87.0 Å². The number of aryl methyl sites for hydroxylation is 1. The lowest BCUT2D eigenvalue weighted by atomic mass is 9.84. The maximum absolute atomic E-state index is 13.3. The van der Waals surface area contributed by atoms with Gasteiger partial charge in [-0.15, -0.1) is 5.10 Å². The van der Waals surface area contributed by atoms with Gasteiger partial charge in [0.15, 0.2) is 0 Å². The lowest BCUT2D eigenvalue weighted by molar-refractivity contribution is -0.142. The van der Waals surface area contributed by atoms with E-state index in [4.69, 9.17) is 9.47 Å². The summed E-state index contributed by atoms with van der Waals surface area (Å²) in [6.45, 7) is 3.27. The molecule has 1 aliphatic carbocycles. The first-order chi connectivity index (χ1) is 13.9. The lowest BCUT2D eigenvalue weighted by Crippen LogP contribution is -2.39. The SMILES string of the molecule is CCn1cc([C@H]2CCC[C@@H](Nc3ncc(C(F)(F)F)c(OC4COC4)n3)C2)nn1. The van der Waals surface area contributed by atoms with Crippen LogP contribution in [0.25, 0.3) is 0 Å². The van der Waals surface area contributed by atoms with Crippen molar-refractivity contribution < 1.29 is 22.6 Å². The van der Waals surface area contributed by atoms with Crippen LogP contribution < -0.4 is 10.1 Å². The van der Waals surface area contributed by atoms with Gasteiger partial charge < -0.3 is 14.8 Å². The fourth-order valence-electron chi connectivity index (χ4n) is 3.59. The van der Waals surface area contributed by atoms with Crippen molar-refractivity contribution in [3.63, 3.8) is 0 Å². The molecule has 0 bridgehead atoms. The van der Waals surface area contributed by atoms with Crippen molar-refractivity contribution in [2.45, 2.75) is 63.4 Å². The van der Waals surface area contributed by atoms with Gasteiger partial charge in [-0.1, -0.05) is 11.6 Å². The Labute approximate surface area is 165 Å². The molecular formula is C18H23F3N6O2. The van der Waals surface area contributed by atoms with Crippen LogP contribution in [0.15, 0.2) is 12.4 Å². The van der Waals surface area contributed by atoms with Crippen molar-refractivity contribution in [1.29, 1.82) is 0 Å². The number of halogens is 3. The highest BCUT2D eigenvalue weighted by atomic mass is 19.4. The van der Waals surface area contributed by atoms with Gasteiger partial charge in [-0.2, -0.15) is 18.2 Å². The van der Waals surface area contributed by atoms with E-state index in [1.54, 1.807) is 4.68 Å². The monoisotopic (exact) mass is 412 g/mol. The molecule has 4 rings (SSSR count). The molecule has 2 aromatic rings. The Balaban J connectivity index is 1.47. The molecule has 0 radical (unpaired) electrons. The van der Waals surface area contributed by atoms with Gasteiger partial charge in [-0.05, 0) is 26.2 Å². The summed E-state index contributed by atoms with van der Waals surface area (Å²) in [5, 5.41) is 11.5. The average molecular weight is 412 g/mol. The highest BCUT2D eigenvalue weighted by Crippen LogP contribution is 2.37. The van der Waals surface area contributed by atoms with Crippen LogP contribution in [0, 0.1) is 0 Å². The molecule has 0 amide bonds. The molecule has 158 valence electrons. The number of alkyl halides is 3. The molecule has 2 aromatic heterocycles. The summed E-state index contributed by atoms with van der Waals surface area (Å²) in [7, 11) is 0. The Morgan fingerprint density at radius 2 is 2.14 bits per heavy atom. The predicted molar refractivity (Wildman–Crippen MR) is 96.6 cm³/mol. The van der Waals surface area contributed by atoms with Crippen molar-refractivity contribution in [3.05, 3.63) is 23.7 Å². The van der Waals surface area contributed by atoms with E-state index in [9.17, 15) is 13.2 Å². The maximum Gasteiger partial charge on any atom is 0.423 e. The molecule has 1 saturated carbocycles. The van der Waals surface area contributed by atoms with E-state index in [1.807, 2.05) is 13.1 Å². The Morgan fingerprint density at radius 1 is 1.31 bits per heavy atom. The number of nitrogens with one attached hydrogen (secondary N) is 1. The zero-order valence-electron chi connectivity index (χ0n) is 16.0. The zero-order valence-corrected chi connectivity index (χ0v) is 16.0. The van der Waals surface area contributed by atoms with E-state index in [0.717, 1.165) is 44.1 Å². The second-order valence-electron chi connectivity index (χ2n) is 7.39. The van der Waals surface area contributed by atoms with Crippen molar-refractivity contribution in [3.8, 4) is 5.88 Å². The molecule has 1 N–H and O–H groups in total. The normalized spacial score (nSPS) is 22.9. The molecular weight excluding hydrogens is 389 g/mol. The van der Waals surface area contributed by atoms with Gasteiger partial charge in [0.2, 0.25) is 11.8 Å². The highest BCUT2D eigenvalue weighted by molar-refractivity contribution is 5.36. The second-order valence-corrected chi connectivity index (χ2v) is 7.39. The largest absolute Gasteiger partial charge is 0.469 e. The summed E-state index contributed by atoms with van der Waals surface area (Å²) in [5.74, 6) is -0.0727. The Hall–Kier alpha value is -2.43. The number of anilines is 1. The average Bonchev–Trinajstić information content (AvgIpc) is 3.13. The van der Waals surface area contributed by atoms with Gasteiger partial charge in [-0.25, -0.2) is 4.98 Å². The van der Waals surface area contributed by atoms with E-state index in [2.05, 4.69) is 25.6 Å². The van der Waals surface area contributed by atoms with Crippen LogP contribution in [0.4, 0.5) is 19.1 Å². The summed E-state index contributed by atoms with van der Waals surface area (Å²) in [6.07, 6.45) is 1.38. The van der Waals surface area contributed by atoms with E-state index in [-0.39, 0.29) is 31.1 Å². The first-order valence-electron chi connectivity index (χ1n) is 9.77. The first kappa shape index (κ1) is 19.9. The van der Waals surface area contributed by atoms with E-state index >= 15 is 0 Å². The Morgan fingerprint density at radius 3 is 2.79 bits per heavy atom. The molecule has 8 nitrogen and oxygen atoms in total. The van der Waals surface area contributed by atoms with E-state index < -0.39 is 23.7 Å². The van der Waals surface area contributed by atoms with Gasteiger partial charge in [0.1, 0.15) is 11.7 Å². The Kier molecular flexibility index (Phi) is 5.57. The second kappa shape index (κ2) is 8.13. The summed E-state index contributed by atoms with van der Waals surface area (Å²) >= 11 is 0. The molecule has 29 heavy (non-hydrogen) atoms. The van der Waals surface area contributed by atoms with Gasteiger partial charge in [0.05, 0.1) is 18.9 Å². The molecule has 1 aliphatic heterocycles. The van der Waals surface area contributed by atoms with Crippen LogP contribution in [0.2, 0.25) is 0 Å². The molecule has 0 unspecified atom stereocenters. The van der Waals surface area contributed by atoms with Gasteiger partial charge in [0.25, 0.3) is 0 Å². The van der Waals surface area contributed by atoms with Crippen molar-refractivity contribution in [2.75, 3.05) is 18.5 Å². The lowest BCUT2D eigenvalue weighted by Gasteiger charge is -2.29. The van der Waals surface area contributed by atoms with Crippen molar-refractivity contribution in [2.24, 2.45) is 0 Å². The Bertz CT molecular complexity index is 839. The smallest absolute Gasteiger partial charge is 0.423 e. The van der Waals surface area contributed by atoms with Crippen LogP contribution >= 0.6 is 0 Å². The molecule has 11 heteroatoms. The van der Waals surface area contributed by atoms with Crippen LogP contribution in [0.1, 0.15) is 49.8 Å². The molecule has 1 saturated heterocycles. The molecule has 3 heterocycles. The van der Waals surface area contributed by atoms with Crippen LogP contribution in [-0.2, 0) is 17.5 Å². The van der Waals surface area contributed by atoms with Crippen molar-refractivity contribution in [1.82, 2.24) is 25.0 Å². The fourth-order valence-corrected chi connectivity index (χ4v) is 3.59. The van der Waals surface area contributed by atoms with Crippen molar-refractivity contribution >= 4 is 5.95 Å². The number of ether oxygens (including phenoxy) is 2. The fraction of sp³-hybridized carbons (Fsp3) is 0.667. The summed E-state index contributed by atoms with van der Waals surface area (Å²) < 4.78 is 51.9. The van der Waals surface area contributed by atoms with E-state index in [1.165, 1.54) is 0 Å². The van der Waals surface area contributed by atoms with Crippen LogP contribution in [-0.4, -0.2) is 50.3 Å². The third kappa shape index (κ3) is 4.60. The predicted octanol–water partition coefficient (Wildman–Crippen LogP) is 3.02. The minimum Gasteiger partial charge on any atom is -0.469 e. The molecule has 2 atom stereocenters. The summed E-state index contributed by atoms with van der Waals surface area (Å²) in [5.41, 5.74) is -0.0339. The molecule has 2 aliphatic rings. The highest BCUT2D eigenvalue weighted by Gasteiger charge is 2.38. The van der Waals surface area contributed by atoms with Gasteiger partial charge in [0, 0.05) is 30.9 Å².